The van der Waals surface area contributed by atoms with Gasteiger partial charge in [-0.3, -0.25) is 0 Å². The maximum Gasteiger partial charge on any atom is 0.120 e. The van der Waals surface area contributed by atoms with E-state index < -0.39 is 0 Å². The molecule has 2 aromatic rings. The highest BCUT2D eigenvalue weighted by atomic mass is 16.3. The summed E-state index contributed by atoms with van der Waals surface area (Å²) in [6.07, 6.45) is 0. The van der Waals surface area contributed by atoms with Gasteiger partial charge in [-0.25, -0.2) is 0 Å². The van der Waals surface area contributed by atoms with Crippen molar-refractivity contribution < 1.29 is 10.2 Å². The fourth-order valence-corrected chi connectivity index (χ4v) is 1.70. The SMILES string of the molecule is Cc1cc(O)ccc1NCc1ccccc1O. The fourth-order valence-electron chi connectivity index (χ4n) is 1.70. The van der Waals surface area contributed by atoms with E-state index in [9.17, 15) is 10.2 Å². The second kappa shape index (κ2) is 4.78. The Morgan fingerprint density at radius 2 is 1.82 bits per heavy atom. The van der Waals surface area contributed by atoms with E-state index in [4.69, 9.17) is 0 Å². The van der Waals surface area contributed by atoms with Crippen LogP contribution in [0, 0.1) is 6.92 Å². The van der Waals surface area contributed by atoms with Crippen LogP contribution in [0.3, 0.4) is 0 Å². The Balaban J connectivity index is 2.10. The zero-order valence-corrected chi connectivity index (χ0v) is 9.64. The minimum absolute atomic E-state index is 0.260. The molecule has 3 heteroatoms. The molecule has 0 radical (unpaired) electrons. The van der Waals surface area contributed by atoms with Crippen molar-refractivity contribution in [2.24, 2.45) is 0 Å². The number of anilines is 1. The third kappa shape index (κ3) is 2.69. The summed E-state index contributed by atoms with van der Waals surface area (Å²) in [7, 11) is 0. The van der Waals surface area contributed by atoms with Gasteiger partial charge in [-0.2, -0.15) is 0 Å². The molecule has 0 bridgehead atoms. The molecule has 88 valence electrons. The van der Waals surface area contributed by atoms with Crippen LogP contribution in [0.4, 0.5) is 5.69 Å². The summed E-state index contributed by atoms with van der Waals surface area (Å²) in [6.45, 7) is 2.48. The Bertz CT molecular complexity index is 523. The van der Waals surface area contributed by atoms with Crippen LogP contribution in [0.25, 0.3) is 0 Å². The first-order chi connectivity index (χ1) is 8.16. The van der Waals surface area contributed by atoms with Gasteiger partial charge in [0.1, 0.15) is 11.5 Å². The first-order valence-electron chi connectivity index (χ1n) is 5.47. The van der Waals surface area contributed by atoms with E-state index in [0.717, 1.165) is 16.8 Å². The van der Waals surface area contributed by atoms with Gasteiger partial charge in [-0.15, -0.1) is 0 Å². The number of hydrogen-bond donors (Lipinski definition) is 3. The summed E-state index contributed by atoms with van der Waals surface area (Å²) in [5, 5.41) is 22.1. The highest BCUT2D eigenvalue weighted by Gasteiger charge is 2.02. The molecule has 0 unspecified atom stereocenters. The summed E-state index contributed by atoms with van der Waals surface area (Å²) in [5.74, 6) is 0.548. The second-order valence-electron chi connectivity index (χ2n) is 3.98. The van der Waals surface area contributed by atoms with Crippen molar-refractivity contribution in [1.29, 1.82) is 0 Å². The Kier molecular flexibility index (Phi) is 3.19. The molecule has 0 saturated carbocycles. The average molecular weight is 229 g/mol. The van der Waals surface area contributed by atoms with E-state index in [0.29, 0.717) is 6.54 Å². The predicted molar refractivity (Wildman–Crippen MR) is 68.3 cm³/mol. The van der Waals surface area contributed by atoms with E-state index in [2.05, 4.69) is 5.32 Å². The number of para-hydroxylation sites is 1. The molecular formula is C14H15NO2. The highest BCUT2D eigenvalue weighted by molar-refractivity contribution is 5.54. The monoisotopic (exact) mass is 229 g/mol. The number of nitrogens with one attached hydrogen (secondary N) is 1. The van der Waals surface area contributed by atoms with E-state index in [1.165, 1.54) is 0 Å². The first-order valence-corrected chi connectivity index (χ1v) is 5.47. The topological polar surface area (TPSA) is 52.5 Å². The number of benzene rings is 2. The minimum Gasteiger partial charge on any atom is -0.508 e. The molecule has 0 saturated heterocycles. The van der Waals surface area contributed by atoms with Crippen LogP contribution in [0.1, 0.15) is 11.1 Å². The summed E-state index contributed by atoms with van der Waals surface area (Å²) < 4.78 is 0. The van der Waals surface area contributed by atoms with Crippen molar-refractivity contribution in [3.05, 3.63) is 53.6 Å². The lowest BCUT2D eigenvalue weighted by Crippen LogP contribution is -2.00. The molecule has 3 N–H and O–H groups in total. The van der Waals surface area contributed by atoms with E-state index >= 15 is 0 Å². The van der Waals surface area contributed by atoms with Crippen LogP contribution < -0.4 is 5.32 Å². The minimum atomic E-state index is 0.260. The van der Waals surface area contributed by atoms with Gasteiger partial charge in [0.15, 0.2) is 0 Å². The normalized spacial score (nSPS) is 10.2. The van der Waals surface area contributed by atoms with Gasteiger partial charge in [0.05, 0.1) is 0 Å². The maximum absolute atomic E-state index is 9.62. The van der Waals surface area contributed by atoms with Gasteiger partial charge in [0, 0.05) is 17.8 Å². The molecule has 2 rings (SSSR count). The second-order valence-corrected chi connectivity index (χ2v) is 3.98. The molecule has 0 aromatic heterocycles. The number of hydrogen-bond acceptors (Lipinski definition) is 3. The highest BCUT2D eigenvalue weighted by Crippen LogP contribution is 2.22. The first kappa shape index (κ1) is 11.3. The molecule has 0 amide bonds. The van der Waals surface area contributed by atoms with E-state index in [-0.39, 0.29) is 11.5 Å². The van der Waals surface area contributed by atoms with E-state index in [1.807, 2.05) is 25.1 Å². The predicted octanol–water partition coefficient (Wildman–Crippen LogP) is 3.02. The third-order valence-electron chi connectivity index (χ3n) is 2.67. The molecule has 0 fully saturated rings. The number of aromatic hydroxyl groups is 2. The fraction of sp³-hybridized carbons (Fsp3) is 0.143. The Morgan fingerprint density at radius 1 is 1.06 bits per heavy atom. The quantitative estimate of drug-likeness (QED) is 0.709. The molecular weight excluding hydrogens is 214 g/mol. The van der Waals surface area contributed by atoms with Gasteiger partial charge in [0.25, 0.3) is 0 Å². The van der Waals surface area contributed by atoms with Gasteiger partial charge in [-0.05, 0) is 36.8 Å². The Labute approximate surface area is 100 Å². The summed E-state index contributed by atoms with van der Waals surface area (Å²) in [5.41, 5.74) is 2.77. The number of aryl methyl sites for hydroxylation is 1. The van der Waals surface area contributed by atoms with Gasteiger partial charge in [0.2, 0.25) is 0 Å². The van der Waals surface area contributed by atoms with Gasteiger partial charge in [-0.1, -0.05) is 18.2 Å². The van der Waals surface area contributed by atoms with Crippen molar-refractivity contribution in [3.63, 3.8) is 0 Å². The molecule has 0 aliphatic carbocycles. The third-order valence-corrected chi connectivity index (χ3v) is 2.67. The van der Waals surface area contributed by atoms with Gasteiger partial charge < -0.3 is 15.5 Å². The lowest BCUT2D eigenvalue weighted by molar-refractivity contribution is 0.469. The van der Waals surface area contributed by atoms with Crippen molar-refractivity contribution in [3.8, 4) is 11.5 Å². The lowest BCUT2D eigenvalue weighted by atomic mass is 10.1. The van der Waals surface area contributed by atoms with Crippen LogP contribution in [-0.4, -0.2) is 10.2 Å². The van der Waals surface area contributed by atoms with Gasteiger partial charge >= 0.3 is 0 Å². The number of phenolic OH excluding ortho intramolecular Hbond substituents is 2. The molecule has 17 heavy (non-hydrogen) atoms. The summed E-state index contributed by atoms with van der Waals surface area (Å²) in [6, 6.07) is 12.4. The van der Waals surface area contributed by atoms with Crippen molar-refractivity contribution in [2.45, 2.75) is 13.5 Å². The molecule has 3 nitrogen and oxygen atoms in total. The Hall–Kier alpha value is -2.16. The smallest absolute Gasteiger partial charge is 0.120 e. The Morgan fingerprint density at radius 3 is 2.53 bits per heavy atom. The molecule has 0 aliphatic rings. The molecule has 0 atom stereocenters. The van der Waals surface area contributed by atoms with E-state index in [1.54, 1.807) is 24.3 Å². The summed E-state index contributed by atoms with van der Waals surface area (Å²) in [4.78, 5) is 0. The maximum atomic E-state index is 9.62. The zero-order valence-electron chi connectivity index (χ0n) is 9.64. The molecule has 0 heterocycles. The standard InChI is InChI=1S/C14H15NO2/c1-10-8-12(16)6-7-13(10)15-9-11-4-2-3-5-14(11)17/h2-8,15-17H,9H2,1H3. The molecule has 0 aliphatic heterocycles. The largest absolute Gasteiger partial charge is 0.508 e. The van der Waals surface area contributed by atoms with Crippen LogP contribution in [0.2, 0.25) is 0 Å². The summed E-state index contributed by atoms with van der Waals surface area (Å²) >= 11 is 0. The van der Waals surface area contributed by atoms with Crippen LogP contribution in [-0.2, 0) is 6.54 Å². The van der Waals surface area contributed by atoms with Crippen LogP contribution in [0.15, 0.2) is 42.5 Å². The average Bonchev–Trinajstić information content (AvgIpc) is 2.30. The van der Waals surface area contributed by atoms with Crippen molar-refractivity contribution in [2.75, 3.05) is 5.32 Å². The zero-order chi connectivity index (χ0) is 12.3. The van der Waals surface area contributed by atoms with Crippen molar-refractivity contribution in [1.82, 2.24) is 0 Å². The lowest BCUT2D eigenvalue weighted by Gasteiger charge is -2.10. The van der Waals surface area contributed by atoms with Crippen LogP contribution >= 0.6 is 0 Å². The number of phenols is 2. The molecule has 2 aromatic carbocycles. The molecule has 0 spiro atoms. The van der Waals surface area contributed by atoms with Crippen molar-refractivity contribution >= 4 is 5.69 Å². The van der Waals surface area contributed by atoms with Crippen LogP contribution in [0.5, 0.6) is 11.5 Å². The number of rotatable bonds is 3.